The average molecular weight is 375 g/mol. The maximum atomic E-state index is 12.7. The Morgan fingerprint density at radius 3 is 2.68 bits per heavy atom. The van der Waals surface area contributed by atoms with Crippen molar-refractivity contribution in [3.05, 3.63) is 70.2 Å². The summed E-state index contributed by atoms with van der Waals surface area (Å²) in [7, 11) is 0. The lowest BCUT2D eigenvalue weighted by atomic mass is 10.1. The third kappa shape index (κ3) is 4.10. The van der Waals surface area contributed by atoms with E-state index in [1.54, 1.807) is 24.3 Å². The molecule has 1 N–H and O–H groups in total. The van der Waals surface area contributed by atoms with Gasteiger partial charge in [0.15, 0.2) is 6.10 Å². The molecule has 0 saturated heterocycles. The van der Waals surface area contributed by atoms with Gasteiger partial charge >= 0.3 is 0 Å². The molecule has 0 spiro atoms. The number of rotatable bonds is 5. The number of ether oxygens (including phenoxy) is 1. The number of pyridine rings is 1. The fourth-order valence-electron chi connectivity index (χ4n) is 2.49. The average Bonchev–Trinajstić information content (AvgIpc) is 2.62. The second-order valence-electron chi connectivity index (χ2n) is 5.39. The minimum Gasteiger partial charge on any atom is -0.364 e. The molecule has 0 aliphatic carbocycles. The highest BCUT2D eigenvalue weighted by Gasteiger charge is 2.22. The zero-order chi connectivity index (χ0) is 17.8. The van der Waals surface area contributed by atoms with Crippen LogP contribution >= 0.6 is 23.2 Å². The van der Waals surface area contributed by atoms with E-state index in [1.165, 1.54) is 0 Å². The van der Waals surface area contributed by atoms with Crippen molar-refractivity contribution in [3.63, 3.8) is 0 Å². The third-order valence-electron chi connectivity index (χ3n) is 3.67. The lowest BCUT2D eigenvalue weighted by Gasteiger charge is -2.17. The molecule has 1 amide bonds. The predicted octanol–water partition coefficient (Wildman–Crippen LogP) is 5.26. The molecule has 3 rings (SSSR count). The molecule has 3 aromatic rings. The molecule has 4 nitrogen and oxygen atoms in total. The Kier molecular flexibility index (Phi) is 5.53. The number of hydrogen-bond donors (Lipinski definition) is 1. The highest BCUT2D eigenvalue weighted by molar-refractivity contribution is 6.42. The molecule has 0 aliphatic rings. The van der Waals surface area contributed by atoms with Crippen molar-refractivity contribution in [2.24, 2.45) is 0 Å². The minimum atomic E-state index is -0.798. The van der Waals surface area contributed by atoms with Gasteiger partial charge < -0.3 is 10.1 Å². The summed E-state index contributed by atoms with van der Waals surface area (Å²) >= 11 is 12.0. The number of amides is 1. The van der Waals surface area contributed by atoms with Crippen LogP contribution in [-0.2, 0) is 9.53 Å². The molecule has 0 fully saturated rings. The summed E-state index contributed by atoms with van der Waals surface area (Å²) in [4.78, 5) is 17.1. The second-order valence-corrected chi connectivity index (χ2v) is 6.20. The van der Waals surface area contributed by atoms with Gasteiger partial charge in [-0.1, -0.05) is 47.5 Å². The first kappa shape index (κ1) is 17.7. The van der Waals surface area contributed by atoms with Crippen LogP contribution in [0.15, 0.2) is 54.6 Å². The van der Waals surface area contributed by atoms with Crippen LogP contribution in [0.5, 0.6) is 0 Å². The first-order valence-electron chi connectivity index (χ1n) is 7.81. The van der Waals surface area contributed by atoms with Gasteiger partial charge in [0.25, 0.3) is 5.91 Å². The van der Waals surface area contributed by atoms with Crippen LogP contribution in [0.2, 0.25) is 10.0 Å². The van der Waals surface area contributed by atoms with Gasteiger partial charge in [0.1, 0.15) is 5.82 Å². The second kappa shape index (κ2) is 7.83. The molecule has 25 heavy (non-hydrogen) atoms. The number of para-hydroxylation sites is 1. The number of anilines is 1. The van der Waals surface area contributed by atoms with Crippen molar-refractivity contribution in [2.75, 3.05) is 11.9 Å². The van der Waals surface area contributed by atoms with E-state index in [1.807, 2.05) is 37.3 Å². The lowest BCUT2D eigenvalue weighted by Crippen LogP contribution is -2.24. The van der Waals surface area contributed by atoms with Crippen LogP contribution in [0.25, 0.3) is 10.9 Å². The number of aromatic nitrogens is 1. The molecular weight excluding hydrogens is 359 g/mol. The Hall–Kier alpha value is -2.14. The van der Waals surface area contributed by atoms with Crippen LogP contribution in [0.4, 0.5) is 5.82 Å². The van der Waals surface area contributed by atoms with Crippen LogP contribution in [0, 0.1) is 0 Å². The summed E-state index contributed by atoms with van der Waals surface area (Å²) in [5.74, 6) is 0.150. The van der Waals surface area contributed by atoms with Crippen molar-refractivity contribution in [1.82, 2.24) is 4.98 Å². The summed E-state index contributed by atoms with van der Waals surface area (Å²) in [6, 6.07) is 16.4. The Morgan fingerprint density at radius 1 is 1.12 bits per heavy atom. The van der Waals surface area contributed by atoms with E-state index in [2.05, 4.69) is 10.3 Å². The molecule has 0 aliphatic heterocycles. The SMILES string of the molecule is CCOC(C(=O)Nc1ccc2ccccc2n1)c1ccc(Cl)c(Cl)c1. The van der Waals surface area contributed by atoms with Gasteiger partial charge in [-0.25, -0.2) is 4.98 Å². The van der Waals surface area contributed by atoms with Crippen molar-refractivity contribution < 1.29 is 9.53 Å². The van der Waals surface area contributed by atoms with E-state index < -0.39 is 6.10 Å². The van der Waals surface area contributed by atoms with E-state index in [4.69, 9.17) is 27.9 Å². The standard InChI is InChI=1S/C19H16Cl2N2O2/c1-2-25-18(13-7-9-14(20)15(21)11-13)19(24)23-17-10-8-12-5-3-4-6-16(12)22-17/h3-11,18H,2H2,1H3,(H,22,23,24). The smallest absolute Gasteiger partial charge is 0.259 e. The number of fused-ring (bicyclic) bond motifs is 1. The van der Waals surface area contributed by atoms with E-state index >= 15 is 0 Å². The summed E-state index contributed by atoms with van der Waals surface area (Å²) in [6.45, 7) is 2.20. The van der Waals surface area contributed by atoms with Gasteiger partial charge in [-0.3, -0.25) is 4.79 Å². The molecule has 0 radical (unpaired) electrons. The van der Waals surface area contributed by atoms with Gasteiger partial charge in [-0.2, -0.15) is 0 Å². The zero-order valence-corrected chi connectivity index (χ0v) is 15.0. The summed E-state index contributed by atoms with van der Waals surface area (Å²) in [5.41, 5.74) is 1.44. The van der Waals surface area contributed by atoms with Crippen molar-refractivity contribution in [2.45, 2.75) is 13.0 Å². The molecule has 1 heterocycles. The molecule has 2 aromatic carbocycles. The van der Waals surface area contributed by atoms with Gasteiger partial charge in [-0.15, -0.1) is 0 Å². The van der Waals surface area contributed by atoms with Gasteiger partial charge in [-0.05, 0) is 42.8 Å². The molecule has 0 bridgehead atoms. The molecule has 0 saturated carbocycles. The first-order valence-corrected chi connectivity index (χ1v) is 8.57. The first-order chi connectivity index (χ1) is 12.1. The number of carbonyl (C=O) groups is 1. The Bertz CT molecular complexity index is 915. The van der Waals surface area contributed by atoms with Crippen LogP contribution in [-0.4, -0.2) is 17.5 Å². The normalized spacial score (nSPS) is 12.1. The van der Waals surface area contributed by atoms with E-state index in [0.717, 1.165) is 10.9 Å². The zero-order valence-electron chi connectivity index (χ0n) is 13.5. The van der Waals surface area contributed by atoms with Crippen molar-refractivity contribution in [1.29, 1.82) is 0 Å². The van der Waals surface area contributed by atoms with Crippen LogP contribution in [0.1, 0.15) is 18.6 Å². The van der Waals surface area contributed by atoms with E-state index in [-0.39, 0.29) is 5.91 Å². The van der Waals surface area contributed by atoms with Gasteiger partial charge in [0, 0.05) is 12.0 Å². The molecule has 1 atom stereocenters. The highest BCUT2D eigenvalue weighted by atomic mass is 35.5. The van der Waals surface area contributed by atoms with Crippen LogP contribution in [0.3, 0.4) is 0 Å². The highest BCUT2D eigenvalue weighted by Crippen LogP contribution is 2.28. The summed E-state index contributed by atoms with van der Waals surface area (Å²) in [5, 5.41) is 4.61. The Morgan fingerprint density at radius 2 is 1.92 bits per heavy atom. The summed E-state index contributed by atoms with van der Waals surface area (Å²) in [6.07, 6.45) is -0.798. The van der Waals surface area contributed by atoms with E-state index in [0.29, 0.717) is 28.0 Å². The fraction of sp³-hybridized carbons (Fsp3) is 0.158. The number of benzene rings is 2. The lowest BCUT2D eigenvalue weighted by molar-refractivity contribution is -0.127. The molecule has 1 aromatic heterocycles. The number of halogens is 2. The van der Waals surface area contributed by atoms with Gasteiger partial charge in [0.2, 0.25) is 0 Å². The number of nitrogens with zero attached hydrogens (tertiary/aromatic N) is 1. The topological polar surface area (TPSA) is 51.2 Å². The Balaban J connectivity index is 1.85. The minimum absolute atomic E-state index is 0.317. The van der Waals surface area contributed by atoms with Gasteiger partial charge in [0.05, 0.1) is 15.6 Å². The van der Waals surface area contributed by atoms with E-state index in [9.17, 15) is 4.79 Å². The molecule has 6 heteroatoms. The van der Waals surface area contributed by atoms with Crippen LogP contribution < -0.4 is 5.32 Å². The van der Waals surface area contributed by atoms with Crippen molar-refractivity contribution in [3.8, 4) is 0 Å². The molecule has 1 unspecified atom stereocenters. The quantitative estimate of drug-likeness (QED) is 0.662. The monoisotopic (exact) mass is 374 g/mol. The number of hydrogen-bond acceptors (Lipinski definition) is 3. The Labute approximate surface area is 155 Å². The third-order valence-corrected chi connectivity index (χ3v) is 4.41. The number of nitrogens with one attached hydrogen (secondary N) is 1. The molecule has 128 valence electrons. The number of carbonyl (C=O) groups excluding carboxylic acids is 1. The largest absolute Gasteiger partial charge is 0.364 e. The molecular formula is C19H16Cl2N2O2. The van der Waals surface area contributed by atoms with Crippen molar-refractivity contribution >= 4 is 45.8 Å². The predicted molar refractivity (Wildman–Crippen MR) is 101 cm³/mol. The maximum absolute atomic E-state index is 12.7. The maximum Gasteiger partial charge on any atom is 0.259 e. The fourth-order valence-corrected chi connectivity index (χ4v) is 2.80. The summed E-state index contributed by atoms with van der Waals surface area (Å²) < 4.78 is 5.60.